The van der Waals surface area contributed by atoms with Crippen LogP contribution < -0.4 is 61.3 Å². The van der Waals surface area contributed by atoms with Gasteiger partial charge in [-0.1, -0.05) is 81.4 Å². The van der Waals surface area contributed by atoms with Crippen LogP contribution in [-0.2, 0) is 102 Å². The lowest BCUT2D eigenvalue weighted by atomic mass is 9.63. The quantitative estimate of drug-likeness (QED) is 0.0467. The Morgan fingerprint density at radius 3 is 1.12 bits per heavy atom. The molecule has 6 N–H and O–H groups in total. The van der Waals surface area contributed by atoms with Gasteiger partial charge in [-0.3, -0.25) is 118 Å². The molecule has 12 saturated heterocycles. The third kappa shape index (κ3) is 19.6. The summed E-state index contributed by atoms with van der Waals surface area (Å²) in [6, 6.07) is 7.74. The van der Waals surface area contributed by atoms with Gasteiger partial charge in [0, 0.05) is 82.9 Å². The number of carbonyl (C=O) groups excluding carboxylic acids is 16. The molecule has 0 radical (unpaired) electrons. The number of benzene rings is 4. The topological polar surface area (TPSA) is 454 Å². The van der Waals surface area contributed by atoms with Gasteiger partial charge in [-0.2, -0.15) is 0 Å². The summed E-state index contributed by atoms with van der Waals surface area (Å²) in [5, 5.41) is 17.4. The Bertz CT molecular complexity index is 6800. The van der Waals surface area contributed by atoms with Crippen LogP contribution in [0.4, 0.5) is 70.9 Å². The zero-order valence-corrected chi connectivity index (χ0v) is 85.6. The summed E-state index contributed by atoms with van der Waals surface area (Å²) in [5.41, 5.74) is 1.22. The van der Waals surface area contributed by atoms with Crippen molar-refractivity contribution in [1.29, 1.82) is 0 Å². The van der Waals surface area contributed by atoms with Crippen molar-refractivity contribution in [1.82, 2.24) is 31.9 Å². The van der Waals surface area contributed by atoms with Gasteiger partial charge in [0.25, 0.3) is 21.0 Å². The monoisotopic (exact) mass is 2130 g/mol. The molecule has 17 aliphatic rings. The number of nitrogens with one attached hydrogen (secondary N) is 6. The smallest absolute Gasteiger partial charge is 0.291 e. The Morgan fingerprint density at radius 2 is 0.758 bits per heavy atom. The number of morpholine rings is 4. The van der Waals surface area contributed by atoms with Crippen LogP contribution in [0.3, 0.4) is 0 Å². The van der Waals surface area contributed by atoms with Crippen molar-refractivity contribution in [2.45, 2.75) is 280 Å². The number of furan rings is 4. The molecular weight excluding hydrogens is 2020 g/mol. The minimum Gasteiger partial charge on any atom is -0.459 e. The second-order valence-corrected chi connectivity index (χ2v) is 46.0. The minimum absolute atomic E-state index is 0. The number of Topliss-reactive ketones (excluding diaryl/α,β-unsaturated/α-hetero) is 4. The summed E-state index contributed by atoms with van der Waals surface area (Å²) >= 11 is 4.97. The maximum atomic E-state index is 16.4. The highest BCUT2D eigenvalue weighted by Gasteiger charge is 2.66. The largest absolute Gasteiger partial charge is 0.459 e. The number of nitrogens with zero attached hydrogens (tertiary/aromatic N) is 6. The van der Waals surface area contributed by atoms with Crippen molar-refractivity contribution in [3.8, 4) is 0 Å². The normalized spacial score (nSPS) is 31.1. The molecule has 4 aromatic carbocycles. The summed E-state index contributed by atoms with van der Waals surface area (Å²) in [5.74, 6) is -11.7. The van der Waals surface area contributed by atoms with Crippen LogP contribution in [0.25, 0.3) is 43.9 Å². The van der Waals surface area contributed by atoms with Crippen molar-refractivity contribution in [3.63, 3.8) is 0 Å². The maximum absolute atomic E-state index is 16.4. The van der Waals surface area contributed by atoms with E-state index in [0.29, 0.717) is 95.9 Å². The maximum Gasteiger partial charge on any atom is 0.291 e. The fourth-order valence-electron chi connectivity index (χ4n) is 24.8. The van der Waals surface area contributed by atoms with E-state index in [9.17, 15) is 85.5 Å². The van der Waals surface area contributed by atoms with Gasteiger partial charge >= 0.3 is 0 Å². The van der Waals surface area contributed by atoms with Crippen molar-refractivity contribution in [2.24, 2.45) is 22.7 Å². The molecule has 2 spiro atoms. The second-order valence-electron chi connectivity index (χ2n) is 41.3. The zero-order chi connectivity index (χ0) is 105. The molecule has 18 heterocycles. The van der Waals surface area contributed by atoms with Gasteiger partial charge in [0.1, 0.15) is 47.7 Å². The highest BCUT2D eigenvalue weighted by atomic mass is 32.2. The number of imide groups is 4. The second kappa shape index (κ2) is 42.2. The van der Waals surface area contributed by atoms with E-state index in [1.54, 1.807) is 62.6 Å². The Morgan fingerprint density at radius 1 is 0.409 bits per heavy atom. The molecule has 4 aromatic heterocycles. The lowest BCUT2D eigenvalue weighted by Gasteiger charge is -2.55. The van der Waals surface area contributed by atoms with Gasteiger partial charge in [0.2, 0.25) is 47.3 Å². The van der Waals surface area contributed by atoms with E-state index in [1.165, 1.54) is 77.4 Å². The molecular formula is C105H118F4N12O24S4. The van der Waals surface area contributed by atoms with Crippen LogP contribution >= 0.6 is 47.0 Å². The minimum atomic E-state index is -1.60. The molecule has 25 rings (SSSR count). The lowest BCUT2D eigenvalue weighted by molar-refractivity contribution is -0.160. The number of thioether (sulfide) groups is 4. The van der Waals surface area contributed by atoms with Crippen LogP contribution in [0.2, 0.25) is 0 Å². The van der Waals surface area contributed by atoms with Crippen molar-refractivity contribution in [3.05, 3.63) is 118 Å². The lowest BCUT2D eigenvalue weighted by Crippen LogP contribution is -2.72. The van der Waals surface area contributed by atoms with E-state index in [0.717, 1.165) is 109 Å². The highest BCUT2D eigenvalue weighted by molar-refractivity contribution is 8.17. The van der Waals surface area contributed by atoms with Crippen molar-refractivity contribution >= 4 is 216 Å². The number of fused-ring (bicyclic) bond motifs is 15. The Kier molecular flexibility index (Phi) is 30.0. The van der Waals surface area contributed by atoms with Gasteiger partial charge < -0.3 is 57.0 Å². The molecule has 15 fully saturated rings. The predicted molar refractivity (Wildman–Crippen MR) is 549 cm³/mol. The summed E-state index contributed by atoms with van der Waals surface area (Å²) < 4.78 is 107. The van der Waals surface area contributed by atoms with E-state index in [2.05, 4.69) is 66.2 Å². The Hall–Kier alpha value is -11.6. The molecule has 149 heavy (non-hydrogen) atoms. The standard InChI is InChI=1S/C27H28FN3O6S.C26H26FN3O6S.C21H19FN2O5S.C18H13FN2O5S.2C6H13NO.CH4.H2/c1-12-10-30-22-14(9-27(24(30)13(2)37-12)19(32)8-20(33)29-25(27)34)7-15-17(11-36-23(15)21(22)28)31-16-5-3-4-6-18(16)38-26(31)35;1-11-9-29-21-13(8-26(23(29)12(2)36-11)18(31)7-19(32)28-24(26)33)6-14-16(10-35-22(14)20(21)27)30-15-4-3-5-17(15)37-25(30)34;22-13-7-10(6-12-16(25)8-18(26)23-20(12)27)5-11-15(9-29-19(11)13)24-14-3-1-2-4-17(14)30-21(24)28;1-8-6-21(18(25)27-8)13-7-26-16-10(13)2-9(4-12(16)19)3-11-14(22)5-15(23)20-17(11)24;2*1-5-3-7-4-6(2)8-5;;/h7,11-13,16,18,24H,3-6,8-10H2,1-2H3,(H,29,33,34);6,10-12,15,17,23H,3-5,7-9H2,1-2H3,(H,28,32,33);5,7,9,12,14,17H,1-4,6,8H2,(H,23,26,27);2,4,7,11H,1,3,5-6H2,(H,20,23,24);2*5-7H,3-4H2,1-2H3;1H4;1H/t12-,13+,16-,18+,24-,27?;11-,12+,15-,17+,23-,26?;12?,14-,17+;;2*5-,6+;;/m110...../s1. The average molecular weight is 2140 g/mol. The van der Waals surface area contributed by atoms with Gasteiger partial charge in [-0.15, -0.1) is 0 Å². The molecule has 20 atom stereocenters. The number of rotatable bonds is 8. The number of hydrogen-bond donors (Lipinski definition) is 6. The fraction of sp³-hybridized carbons (Fsp3) is 0.524. The number of hydrogen-bond acceptors (Lipinski definition) is 32. The SMILES string of the molecule is C.C=C1CN(c2coc3c(F)cc(CC4C(=O)CC(=O)NC4=O)cc23)C(=O)S1.C[C@@H]1CN2c3c(cc4c(N5C(=O)S[C@H]6CCCC[C@H]65)coc4c3F)CC3(C(=O)CC(=O)NC3=O)[C@H]2[C@H](C)O1.C[C@@H]1CN2c3c(cc4c(N5C(=O)S[C@H]6CCC[C@H]65)coc4c3F)CC3(C(=O)CC(=O)NC3=O)[C@H]2[C@H](C)O1.C[C@@H]1CNC[C@H](C)O1.C[C@@H]1CNC[C@H](C)O1.O=C1CC(=O)C(Cc2cc(F)c3occ(N4C(=O)S[C@@H]5CCCC[C@@H]54)c3c2)C(=O)N1.[HH]. The molecule has 0 bridgehead atoms. The fourth-order valence-corrected chi connectivity index (χ4v) is 29.4. The molecule has 794 valence electrons. The zero-order valence-electron chi connectivity index (χ0n) is 82.4. The number of carbonyl (C=O) groups is 16. The number of ketones is 4. The van der Waals surface area contributed by atoms with Crippen LogP contribution in [-0.4, -0.2) is 232 Å². The molecule has 3 aliphatic carbocycles. The first-order valence-corrected chi connectivity index (χ1v) is 53.7. The van der Waals surface area contributed by atoms with E-state index >= 15 is 8.78 Å². The molecule has 12 amide bonds. The van der Waals surface area contributed by atoms with Gasteiger partial charge in [0.05, 0.1) is 145 Å². The first kappa shape index (κ1) is 106. The molecule has 36 nitrogen and oxygen atoms in total. The Balaban J connectivity index is 0.000000124. The van der Waals surface area contributed by atoms with Crippen molar-refractivity contribution in [2.75, 3.05) is 75.2 Å². The molecule has 8 aromatic rings. The van der Waals surface area contributed by atoms with E-state index in [-0.39, 0.29) is 168 Å². The van der Waals surface area contributed by atoms with E-state index in [1.807, 2.05) is 13.8 Å². The molecule has 4 unspecified atom stereocenters. The summed E-state index contributed by atoms with van der Waals surface area (Å²) in [6.45, 7) is 24.2. The van der Waals surface area contributed by atoms with Crippen molar-refractivity contribution < 1.29 is 132 Å². The average Bonchev–Trinajstić information content (AvgIpc) is 1.06. The summed E-state index contributed by atoms with van der Waals surface area (Å²) in [6.07, 6.45) is 14.5. The molecule has 44 heteroatoms. The van der Waals surface area contributed by atoms with Crippen LogP contribution in [0.15, 0.2) is 90.6 Å². The third-order valence-electron chi connectivity index (χ3n) is 30.9. The number of anilines is 6. The van der Waals surface area contributed by atoms with E-state index in [4.69, 9.17) is 36.6 Å². The Labute approximate surface area is 871 Å². The van der Waals surface area contributed by atoms with Gasteiger partial charge in [-0.05, 0) is 190 Å². The third-order valence-corrected chi connectivity index (χ3v) is 35.5. The number of halogens is 4. The van der Waals surface area contributed by atoms with Gasteiger partial charge in [-0.25, -0.2) is 17.6 Å². The first-order chi connectivity index (χ1) is 70.7. The van der Waals surface area contributed by atoms with E-state index < -0.39 is 153 Å². The predicted octanol–water partition coefficient (Wildman–Crippen LogP) is 14.5. The summed E-state index contributed by atoms with van der Waals surface area (Å²) in [4.78, 5) is 210. The van der Waals surface area contributed by atoms with Crippen LogP contribution in [0.1, 0.15) is 183 Å². The highest BCUT2D eigenvalue weighted by Crippen LogP contribution is 2.57. The van der Waals surface area contributed by atoms with Crippen LogP contribution in [0.5, 0.6) is 0 Å². The summed E-state index contributed by atoms with van der Waals surface area (Å²) in [7, 11) is 0. The van der Waals surface area contributed by atoms with Gasteiger partial charge in [0.15, 0.2) is 68.7 Å². The number of piperidine rings is 4. The number of amides is 12. The van der Waals surface area contributed by atoms with Crippen LogP contribution in [0, 0.1) is 45.9 Å². The molecule has 3 saturated carbocycles. The first-order valence-electron chi connectivity index (χ1n) is 50.3. The molecule has 14 aliphatic heterocycles. The number of ether oxygens (including phenoxy) is 4.